The molecule has 0 aliphatic rings. The fourth-order valence-corrected chi connectivity index (χ4v) is 1.86. The van der Waals surface area contributed by atoms with Gasteiger partial charge in [0.15, 0.2) is 11.5 Å². The van der Waals surface area contributed by atoms with Crippen LogP contribution in [0.25, 0.3) is 0 Å². The molecule has 0 saturated carbocycles. The maximum Gasteiger partial charge on any atom is 0.311 e. The van der Waals surface area contributed by atoms with Crippen molar-refractivity contribution in [2.45, 2.75) is 39.0 Å². The molecule has 1 aromatic carbocycles. The van der Waals surface area contributed by atoms with Gasteiger partial charge >= 0.3 is 11.9 Å². The van der Waals surface area contributed by atoms with Gasteiger partial charge in [0.1, 0.15) is 0 Å². The van der Waals surface area contributed by atoms with Crippen molar-refractivity contribution in [3.8, 4) is 17.2 Å². The van der Waals surface area contributed by atoms with E-state index in [1.807, 2.05) is 6.92 Å². The Morgan fingerprint density at radius 1 is 0.957 bits per heavy atom. The number of hydrogen-bond acceptors (Lipinski definition) is 6. The third kappa shape index (κ3) is 6.59. The van der Waals surface area contributed by atoms with Crippen molar-refractivity contribution < 1.29 is 28.5 Å². The lowest BCUT2D eigenvalue weighted by molar-refractivity contribution is -0.144. The molecule has 0 aliphatic carbocycles. The van der Waals surface area contributed by atoms with E-state index in [4.69, 9.17) is 18.9 Å². The number of rotatable bonds is 10. The van der Waals surface area contributed by atoms with Crippen LogP contribution in [0.4, 0.5) is 0 Å². The van der Waals surface area contributed by atoms with Gasteiger partial charge in [-0.2, -0.15) is 0 Å². The standard InChI is InChI=1S/C17H24O6/c1-4-5-12-22-15(18)10-7-11-16(19)23-17-13(20-2)8-6-9-14(17)21-3/h6,8-9H,4-5,7,10-12H2,1-3H3. The Bertz CT molecular complexity index is 490. The van der Waals surface area contributed by atoms with E-state index in [0.717, 1.165) is 12.8 Å². The second kappa shape index (κ2) is 10.5. The molecule has 6 heteroatoms. The summed E-state index contributed by atoms with van der Waals surface area (Å²) in [6.45, 7) is 2.45. The van der Waals surface area contributed by atoms with Gasteiger partial charge in [-0.1, -0.05) is 19.4 Å². The van der Waals surface area contributed by atoms with E-state index in [1.165, 1.54) is 14.2 Å². The Morgan fingerprint density at radius 2 is 1.57 bits per heavy atom. The Morgan fingerprint density at radius 3 is 2.13 bits per heavy atom. The van der Waals surface area contributed by atoms with Crippen LogP contribution in [0.1, 0.15) is 39.0 Å². The first kappa shape index (κ1) is 18.8. The Kier molecular flexibility index (Phi) is 8.57. The van der Waals surface area contributed by atoms with Crippen molar-refractivity contribution >= 4 is 11.9 Å². The van der Waals surface area contributed by atoms with Crippen LogP contribution in [-0.4, -0.2) is 32.8 Å². The summed E-state index contributed by atoms with van der Waals surface area (Å²) in [6, 6.07) is 5.09. The maximum absolute atomic E-state index is 11.9. The molecule has 23 heavy (non-hydrogen) atoms. The largest absolute Gasteiger partial charge is 0.493 e. The Balaban J connectivity index is 2.44. The first-order valence-electron chi connectivity index (χ1n) is 7.69. The van der Waals surface area contributed by atoms with Gasteiger partial charge in [0, 0.05) is 12.8 Å². The number of methoxy groups -OCH3 is 2. The minimum absolute atomic E-state index is 0.115. The molecule has 1 rings (SSSR count). The minimum Gasteiger partial charge on any atom is -0.493 e. The zero-order valence-corrected chi connectivity index (χ0v) is 13.9. The number of unbranched alkanes of at least 4 members (excludes halogenated alkanes) is 1. The molecule has 0 saturated heterocycles. The van der Waals surface area contributed by atoms with Gasteiger partial charge in [-0.3, -0.25) is 9.59 Å². The average Bonchev–Trinajstić information content (AvgIpc) is 2.55. The highest BCUT2D eigenvalue weighted by Gasteiger charge is 2.16. The topological polar surface area (TPSA) is 71.1 Å². The molecule has 6 nitrogen and oxygen atoms in total. The van der Waals surface area contributed by atoms with Crippen LogP contribution in [0.2, 0.25) is 0 Å². The molecule has 0 atom stereocenters. The molecule has 0 amide bonds. The summed E-state index contributed by atoms with van der Waals surface area (Å²) in [5, 5.41) is 0. The normalized spacial score (nSPS) is 10.0. The van der Waals surface area contributed by atoms with Gasteiger partial charge in [0.25, 0.3) is 0 Å². The van der Waals surface area contributed by atoms with Crippen LogP contribution in [0.3, 0.4) is 0 Å². The van der Waals surface area contributed by atoms with Crippen LogP contribution >= 0.6 is 0 Å². The van der Waals surface area contributed by atoms with E-state index < -0.39 is 5.97 Å². The first-order chi connectivity index (χ1) is 11.1. The number of ether oxygens (including phenoxy) is 4. The molecular weight excluding hydrogens is 300 g/mol. The van der Waals surface area contributed by atoms with Gasteiger partial charge in [-0.25, -0.2) is 0 Å². The van der Waals surface area contributed by atoms with Crippen molar-refractivity contribution in [1.29, 1.82) is 0 Å². The van der Waals surface area contributed by atoms with Crippen molar-refractivity contribution in [1.82, 2.24) is 0 Å². The second-order valence-corrected chi connectivity index (χ2v) is 4.89. The zero-order chi connectivity index (χ0) is 17.1. The maximum atomic E-state index is 11.9. The van der Waals surface area contributed by atoms with E-state index in [1.54, 1.807) is 18.2 Å². The number of carbonyl (C=O) groups excluding carboxylic acids is 2. The van der Waals surface area contributed by atoms with Gasteiger partial charge < -0.3 is 18.9 Å². The van der Waals surface area contributed by atoms with E-state index in [2.05, 4.69) is 0 Å². The van der Waals surface area contributed by atoms with E-state index in [-0.39, 0.29) is 24.6 Å². The quantitative estimate of drug-likeness (QED) is 0.374. The van der Waals surface area contributed by atoms with E-state index in [9.17, 15) is 9.59 Å². The predicted octanol–water partition coefficient (Wildman–Crippen LogP) is 3.12. The number of para-hydroxylation sites is 1. The molecule has 0 unspecified atom stereocenters. The van der Waals surface area contributed by atoms with Crippen molar-refractivity contribution in [2.75, 3.05) is 20.8 Å². The molecule has 0 bridgehead atoms. The van der Waals surface area contributed by atoms with E-state index >= 15 is 0 Å². The fraction of sp³-hybridized carbons (Fsp3) is 0.529. The molecule has 0 N–H and O–H groups in total. The summed E-state index contributed by atoms with van der Waals surface area (Å²) in [5.41, 5.74) is 0. The van der Waals surface area contributed by atoms with Crippen molar-refractivity contribution in [2.24, 2.45) is 0 Å². The van der Waals surface area contributed by atoms with E-state index in [0.29, 0.717) is 24.5 Å². The minimum atomic E-state index is -0.450. The Labute approximate surface area is 136 Å². The number of esters is 2. The summed E-state index contributed by atoms with van der Waals surface area (Å²) in [7, 11) is 2.97. The average molecular weight is 324 g/mol. The van der Waals surface area contributed by atoms with Gasteiger partial charge in [-0.05, 0) is 25.0 Å². The van der Waals surface area contributed by atoms with Gasteiger partial charge in [0.05, 0.1) is 20.8 Å². The van der Waals surface area contributed by atoms with Crippen molar-refractivity contribution in [3.63, 3.8) is 0 Å². The summed E-state index contributed by atoms with van der Waals surface area (Å²) in [5.74, 6) is 0.330. The lowest BCUT2D eigenvalue weighted by atomic mass is 10.2. The molecule has 0 aliphatic heterocycles. The summed E-state index contributed by atoms with van der Waals surface area (Å²) in [6.07, 6.45) is 2.51. The smallest absolute Gasteiger partial charge is 0.311 e. The summed E-state index contributed by atoms with van der Waals surface area (Å²) >= 11 is 0. The highest BCUT2D eigenvalue weighted by molar-refractivity contribution is 5.75. The number of benzene rings is 1. The van der Waals surface area contributed by atoms with Crippen LogP contribution in [0.5, 0.6) is 17.2 Å². The monoisotopic (exact) mass is 324 g/mol. The van der Waals surface area contributed by atoms with Crippen molar-refractivity contribution in [3.05, 3.63) is 18.2 Å². The lowest BCUT2D eigenvalue weighted by Crippen LogP contribution is -2.11. The zero-order valence-electron chi connectivity index (χ0n) is 13.9. The summed E-state index contributed by atoms with van der Waals surface area (Å²) in [4.78, 5) is 23.3. The van der Waals surface area contributed by atoms with Crippen LogP contribution in [-0.2, 0) is 14.3 Å². The molecule has 0 fully saturated rings. The molecule has 0 aromatic heterocycles. The predicted molar refractivity (Wildman–Crippen MR) is 84.9 cm³/mol. The molecule has 0 radical (unpaired) electrons. The molecule has 1 aromatic rings. The second-order valence-electron chi connectivity index (χ2n) is 4.89. The Hall–Kier alpha value is -2.24. The summed E-state index contributed by atoms with van der Waals surface area (Å²) < 4.78 is 20.6. The number of hydrogen-bond donors (Lipinski definition) is 0. The highest BCUT2D eigenvalue weighted by Crippen LogP contribution is 2.37. The molecular formula is C17H24O6. The molecule has 0 heterocycles. The van der Waals surface area contributed by atoms with Gasteiger partial charge in [-0.15, -0.1) is 0 Å². The molecule has 128 valence electrons. The first-order valence-corrected chi connectivity index (χ1v) is 7.69. The van der Waals surface area contributed by atoms with Crippen LogP contribution in [0, 0.1) is 0 Å². The van der Waals surface area contributed by atoms with Gasteiger partial charge in [0.2, 0.25) is 5.75 Å². The van der Waals surface area contributed by atoms with Crippen LogP contribution < -0.4 is 14.2 Å². The SMILES string of the molecule is CCCCOC(=O)CCCC(=O)Oc1c(OC)cccc1OC. The third-order valence-electron chi connectivity index (χ3n) is 3.12. The fourth-order valence-electron chi connectivity index (χ4n) is 1.86. The third-order valence-corrected chi connectivity index (χ3v) is 3.12. The molecule has 0 spiro atoms. The highest BCUT2D eigenvalue weighted by atomic mass is 16.6. The lowest BCUT2D eigenvalue weighted by Gasteiger charge is -2.12. The number of carbonyl (C=O) groups is 2. The van der Waals surface area contributed by atoms with Crippen LogP contribution in [0.15, 0.2) is 18.2 Å².